The van der Waals surface area contributed by atoms with Crippen molar-refractivity contribution in [1.29, 1.82) is 0 Å². The van der Waals surface area contributed by atoms with E-state index in [4.69, 9.17) is 34.3 Å². The van der Waals surface area contributed by atoms with Gasteiger partial charge in [0.1, 0.15) is 36.0 Å². The van der Waals surface area contributed by atoms with Crippen LogP contribution < -0.4 is 5.73 Å². The maximum absolute atomic E-state index is 14.5. The van der Waals surface area contributed by atoms with Crippen LogP contribution in [0.1, 0.15) is 87.1 Å². The second kappa shape index (κ2) is 20.2. The van der Waals surface area contributed by atoms with Crippen molar-refractivity contribution < 1.29 is 53.1 Å². The molecule has 4 heterocycles. The van der Waals surface area contributed by atoms with E-state index in [1.54, 1.807) is 27.7 Å². The Morgan fingerprint density at radius 3 is 2.38 bits per heavy atom. The van der Waals surface area contributed by atoms with E-state index in [-0.39, 0.29) is 44.8 Å². The quantitative estimate of drug-likeness (QED) is 0.192. The predicted octanol–water partition coefficient (Wildman–Crippen LogP) is 4.22. The normalized spacial score (nSPS) is 37.2. The highest BCUT2D eigenvalue weighted by molar-refractivity contribution is 7.09. The molecule has 0 saturated carbocycles. The summed E-state index contributed by atoms with van der Waals surface area (Å²) in [5, 5.41) is 29.0. The third-order valence-corrected chi connectivity index (χ3v) is 12.7. The molecular formula is C43H64N6O11S. The lowest BCUT2D eigenvalue weighted by atomic mass is 9.73. The van der Waals surface area contributed by atoms with Gasteiger partial charge in [0.25, 0.3) is 0 Å². The number of Topliss-reactive ketones (excluding diaryl/α,β-unsaturated/α-hetero) is 1. The number of aliphatic hydroxyl groups excluding tert-OH is 1. The first-order valence-corrected chi connectivity index (χ1v) is 21.8. The van der Waals surface area contributed by atoms with Crippen LogP contribution in [0.5, 0.6) is 0 Å². The number of carbonyl (C=O) groups excluding carboxylic acids is 3. The highest BCUT2D eigenvalue weighted by Gasteiger charge is 2.53. The zero-order valence-corrected chi connectivity index (χ0v) is 38.0. The van der Waals surface area contributed by atoms with E-state index in [0.717, 1.165) is 22.7 Å². The molecule has 1 aromatic carbocycles. The summed E-state index contributed by atoms with van der Waals surface area (Å²) in [5.41, 5.74) is 4.79. The maximum Gasteiger partial charge on any atom is 0.316 e. The number of carbonyl (C=O) groups is 3. The minimum atomic E-state index is -1.86. The Labute approximate surface area is 362 Å². The number of hydrogen-bond acceptors (Lipinski definition) is 17. The molecule has 5 rings (SSSR count). The SMILES string of the molecule is CC[C@H]1OC(=O)[C@H](C)C(=O)[C@H](C)[C@@H](O[C@@H]2O[C@H](C)C[C@H](N(C)C)[C@H]2O)[C@@]2(C)C[C@@H](C)C(=NC(C)=O)[C@H](C)[C@H](OC/C(=N\OCc3ccc(-c4nsc(N)n4)cc3)CO2)[C@]1(C)O. The van der Waals surface area contributed by atoms with Gasteiger partial charge in [-0.2, -0.15) is 9.36 Å². The molecule has 0 aliphatic carbocycles. The van der Waals surface area contributed by atoms with E-state index in [1.807, 2.05) is 57.1 Å². The number of rotatable bonds is 8. The summed E-state index contributed by atoms with van der Waals surface area (Å²) in [5.74, 6) is -4.84. The molecule has 2 bridgehead atoms. The lowest BCUT2D eigenvalue weighted by Gasteiger charge is -2.47. The van der Waals surface area contributed by atoms with Crippen LogP contribution in [-0.4, -0.2) is 135 Å². The number of aliphatic imine (C=N–C) groups is 1. The zero-order chi connectivity index (χ0) is 45.0. The van der Waals surface area contributed by atoms with E-state index in [1.165, 1.54) is 20.8 Å². The summed E-state index contributed by atoms with van der Waals surface area (Å²) in [7, 11) is 3.73. The molecule has 0 radical (unpaired) electrons. The van der Waals surface area contributed by atoms with Crippen LogP contribution in [-0.2, 0) is 49.5 Å². The Hall–Kier alpha value is -3.75. The van der Waals surface area contributed by atoms with Crippen LogP contribution in [0.15, 0.2) is 34.4 Å². The molecule has 3 aliphatic rings. The molecule has 4 N–H and O–H groups in total. The van der Waals surface area contributed by atoms with Crippen molar-refractivity contribution in [2.75, 3.05) is 33.0 Å². The van der Waals surface area contributed by atoms with E-state index >= 15 is 0 Å². The summed E-state index contributed by atoms with van der Waals surface area (Å²) >= 11 is 1.11. The number of esters is 1. The Bertz CT molecular complexity index is 1910. The number of ketones is 1. The highest BCUT2D eigenvalue weighted by atomic mass is 32.1. The first-order chi connectivity index (χ1) is 28.7. The number of likely N-dealkylation sites (N-methyl/N-ethyl adjacent to an activating group) is 1. The van der Waals surface area contributed by atoms with Gasteiger partial charge in [-0.15, -0.1) is 0 Å². The fourth-order valence-corrected chi connectivity index (χ4v) is 9.36. The average Bonchev–Trinajstić information content (AvgIpc) is 3.64. The number of aromatic nitrogens is 2. The van der Waals surface area contributed by atoms with Crippen LogP contribution in [0, 0.1) is 23.7 Å². The van der Waals surface area contributed by atoms with Crippen molar-refractivity contribution in [3.05, 3.63) is 29.8 Å². The molecule has 2 aromatic rings. The molecule has 338 valence electrons. The Morgan fingerprint density at radius 1 is 1.08 bits per heavy atom. The standard InChI is InChI=1S/C43H64N6O11S/c1-12-32-43(9,54)37-24(4)33(45-27(7)50)22(2)18-42(8,56-21-30(20-55-37)47-57-19-28-13-15-29(16-14-28)38-46-41(44)61-48-38)36(25(5)34(51)26(6)39(53)59-32)60-40-35(52)31(49(10)11)17-23(3)58-40/h13-16,22-26,31-32,35-37,40,52,54H,12,17-21H2,1-11H3,(H2,44,46,48)/b45-33?,47-30+/t22-,23-,24+,25+,26-,31+,32-,35-,36-,37+,40+,42-,43-/m1/s1. The van der Waals surface area contributed by atoms with Gasteiger partial charge in [0.2, 0.25) is 5.91 Å². The minimum Gasteiger partial charge on any atom is -0.459 e. The number of benzene rings is 1. The van der Waals surface area contributed by atoms with Gasteiger partial charge in [-0.1, -0.05) is 57.1 Å². The van der Waals surface area contributed by atoms with Gasteiger partial charge in [0, 0.05) is 47.6 Å². The molecule has 3 aliphatic heterocycles. The van der Waals surface area contributed by atoms with E-state index < -0.39 is 83.2 Å². The van der Waals surface area contributed by atoms with Crippen molar-refractivity contribution in [2.45, 2.75) is 142 Å². The molecule has 0 spiro atoms. The molecule has 61 heavy (non-hydrogen) atoms. The number of amides is 1. The van der Waals surface area contributed by atoms with Gasteiger partial charge in [0.15, 0.2) is 23.0 Å². The number of nitrogen functional groups attached to an aromatic ring is 1. The van der Waals surface area contributed by atoms with Crippen molar-refractivity contribution in [2.24, 2.45) is 33.8 Å². The molecular weight excluding hydrogens is 809 g/mol. The third kappa shape index (κ3) is 11.3. The van der Waals surface area contributed by atoms with Gasteiger partial charge in [0.05, 0.1) is 37.1 Å². The lowest BCUT2D eigenvalue weighted by Crippen LogP contribution is -2.60. The van der Waals surface area contributed by atoms with Crippen molar-refractivity contribution >= 4 is 45.7 Å². The molecule has 13 atom stereocenters. The van der Waals surface area contributed by atoms with Crippen LogP contribution >= 0.6 is 11.5 Å². The van der Waals surface area contributed by atoms with Crippen molar-refractivity contribution in [3.63, 3.8) is 0 Å². The molecule has 18 heteroatoms. The molecule has 17 nitrogen and oxygen atoms in total. The summed E-state index contributed by atoms with van der Waals surface area (Å²) in [6.07, 6.45) is -5.17. The largest absolute Gasteiger partial charge is 0.459 e. The number of oxime groups is 1. The van der Waals surface area contributed by atoms with Gasteiger partial charge in [-0.05, 0) is 72.5 Å². The summed E-state index contributed by atoms with van der Waals surface area (Å²) in [6, 6.07) is 7.10. The fourth-order valence-electron chi connectivity index (χ4n) is 8.91. The van der Waals surface area contributed by atoms with E-state index in [9.17, 15) is 24.6 Å². The van der Waals surface area contributed by atoms with Crippen molar-refractivity contribution in [1.82, 2.24) is 14.3 Å². The smallest absolute Gasteiger partial charge is 0.316 e. The second-order valence-corrected chi connectivity index (χ2v) is 18.3. The maximum atomic E-state index is 14.5. The number of ether oxygens (including phenoxy) is 5. The minimum absolute atomic E-state index is 0.0723. The Balaban J connectivity index is 1.63. The van der Waals surface area contributed by atoms with Crippen LogP contribution in [0.2, 0.25) is 0 Å². The van der Waals surface area contributed by atoms with Crippen LogP contribution in [0.25, 0.3) is 11.4 Å². The second-order valence-electron chi connectivity index (χ2n) is 17.5. The number of nitrogens with zero attached hydrogens (tertiary/aromatic N) is 5. The molecule has 1 aromatic heterocycles. The van der Waals surface area contributed by atoms with Crippen molar-refractivity contribution in [3.8, 4) is 11.4 Å². The Morgan fingerprint density at radius 2 is 1.77 bits per heavy atom. The average molecular weight is 873 g/mol. The number of aliphatic hydroxyl groups is 2. The molecule has 1 amide bonds. The number of cyclic esters (lactones) is 1. The molecule has 3 fully saturated rings. The summed E-state index contributed by atoms with van der Waals surface area (Å²) < 4.78 is 36.8. The third-order valence-electron chi connectivity index (χ3n) is 12.2. The van der Waals surface area contributed by atoms with Gasteiger partial charge < -0.3 is 49.4 Å². The summed E-state index contributed by atoms with van der Waals surface area (Å²) in [6.45, 7) is 14.8. The number of anilines is 1. The monoisotopic (exact) mass is 872 g/mol. The van der Waals surface area contributed by atoms with Crippen LogP contribution in [0.3, 0.4) is 0 Å². The first kappa shape index (κ1) is 48.3. The van der Waals surface area contributed by atoms with Gasteiger partial charge >= 0.3 is 5.97 Å². The summed E-state index contributed by atoms with van der Waals surface area (Å²) in [4.78, 5) is 57.8. The fraction of sp³-hybridized carbons (Fsp3) is 0.698. The Kier molecular flexibility index (Phi) is 16.0. The van der Waals surface area contributed by atoms with Gasteiger partial charge in [-0.25, -0.2) is 4.99 Å². The molecule has 3 saturated heterocycles. The number of hydrogen-bond donors (Lipinski definition) is 3. The first-order valence-electron chi connectivity index (χ1n) is 21.0. The lowest BCUT2D eigenvalue weighted by molar-refractivity contribution is -0.296. The molecule has 0 unspecified atom stereocenters. The van der Waals surface area contributed by atoms with E-state index in [0.29, 0.717) is 28.8 Å². The predicted molar refractivity (Wildman–Crippen MR) is 229 cm³/mol. The highest BCUT2D eigenvalue weighted by Crippen LogP contribution is 2.40. The number of nitrogens with two attached hydrogens (primary N) is 1. The van der Waals surface area contributed by atoms with Crippen LogP contribution in [0.4, 0.5) is 5.13 Å². The van der Waals surface area contributed by atoms with E-state index in [2.05, 4.69) is 19.5 Å². The zero-order valence-electron chi connectivity index (χ0n) is 37.2. The number of fused-ring (bicyclic) bond motifs is 5. The van der Waals surface area contributed by atoms with Gasteiger partial charge in [-0.3, -0.25) is 14.4 Å². The topological polar surface area (TPSA) is 227 Å².